The Hall–Kier alpha value is 0.177. The van der Waals surface area contributed by atoms with Gasteiger partial charge in [0, 0.05) is 0 Å². The molecule has 2 heteroatoms. The second-order valence-corrected chi connectivity index (χ2v) is 2.12. The predicted molar refractivity (Wildman–Crippen MR) is 36.9 cm³/mol. The van der Waals surface area contributed by atoms with Gasteiger partial charge < -0.3 is 4.98 Å². The summed E-state index contributed by atoms with van der Waals surface area (Å²) in [6.45, 7) is 2.21. The Morgan fingerprint density at radius 2 is 1.50 bits per heavy atom. The summed E-state index contributed by atoms with van der Waals surface area (Å²) in [7, 11) is 2.17. The van der Waals surface area contributed by atoms with Gasteiger partial charge in [-0.25, -0.2) is 0 Å². The van der Waals surface area contributed by atoms with E-state index >= 15 is 0 Å². The monoisotopic (exact) mass is 107 g/mol. The van der Waals surface area contributed by atoms with Gasteiger partial charge in [-0.1, -0.05) is 21.4 Å². The zero-order chi connectivity index (χ0) is 3.41. The van der Waals surface area contributed by atoms with Gasteiger partial charge in [-0.3, -0.25) is 0 Å². The fourth-order valence-corrected chi connectivity index (χ4v) is 0. The average molecular weight is 107 g/mol. The third-order valence-electron chi connectivity index (χ3n) is 0.354. The van der Waals surface area contributed by atoms with Crippen LogP contribution in [0.4, 0.5) is 0 Å². The molecule has 0 aliphatic carbocycles. The van der Waals surface area contributed by atoms with Crippen molar-refractivity contribution < 1.29 is 0 Å². The van der Waals surface area contributed by atoms with Gasteiger partial charge >= 0.3 is 0 Å². The van der Waals surface area contributed by atoms with Crippen molar-refractivity contribution in [2.75, 3.05) is 7.05 Å². The molecule has 0 spiro atoms. The van der Waals surface area contributed by atoms with Crippen LogP contribution in [0.25, 0.3) is 0 Å². The van der Waals surface area contributed by atoms with Crippen LogP contribution in [0.1, 0.15) is 14.9 Å². The quantitative estimate of drug-likeness (QED) is 0.484. The van der Waals surface area contributed by atoms with E-state index in [1.165, 1.54) is 0 Å². The molecule has 0 aromatic rings. The van der Waals surface area contributed by atoms with Gasteiger partial charge in [-0.15, -0.1) is 0 Å². The van der Waals surface area contributed by atoms with Gasteiger partial charge in [0.25, 0.3) is 0 Å². The molecule has 0 aromatic heterocycles. The molecule has 1 nitrogen and oxygen atoms in total. The summed E-state index contributed by atoms with van der Waals surface area (Å²) in [6, 6.07) is 0. The zero-order valence-electron chi connectivity index (χ0n) is 3.21. The molecule has 1 N–H and O–H groups in total. The van der Waals surface area contributed by atoms with Gasteiger partial charge in [0.1, 0.15) is 0 Å². The summed E-state index contributed by atoms with van der Waals surface area (Å²) in [5, 5.41) is 0. The van der Waals surface area contributed by atoms with Crippen LogP contribution < -0.4 is 4.98 Å². The van der Waals surface area contributed by atoms with Gasteiger partial charge in [0.2, 0.25) is 0 Å². The highest BCUT2D eigenvalue weighted by molar-refractivity contribution is 6.29. The minimum atomic E-state index is 0. The number of nitrogens with one attached hydrogen (secondary N) is 1. The summed E-state index contributed by atoms with van der Waals surface area (Å²) in [5.74, 6) is 0. The van der Waals surface area contributed by atoms with Crippen LogP contribution in [0.2, 0.25) is 6.55 Å². The van der Waals surface area contributed by atoms with E-state index in [2.05, 4.69) is 11.5 Å². The van der Waals surface area contributed by atoms with Crippen LogP contribution in [-0.2, 0) is 0 Å². The molecule has 0 amide bonds. The van der Waals surface area contributed by atoms with E-state index in [0.717, 1.165) is 0 Å². The van der Waals surface area contributed by atoms with E-state index in [-0.39, 0.29) is 24.5 Å². The Morgan fingerprint density at radius 1 is 1.33 bits per heavy atom. The van der Waals surface area contributed by atoms with Crippen LogP contribution in [-0.4, -0.2) is 16.7 Å². The second kappa shape index (κ2) is 19.1. The molecule has 0 saturated carbocycles. The fourth-order valence-electron chi connectivity index (χ4n) is 0. The van der Waals surface area contributed by atoms with Crippen molar-refractivity contribution in [1.82, 2.24) is 4.98 Å². The van der Waals surface area contributed by atoms with E-state index in [1.54, 1.807) is 0 Å². The molecule has 0 fully saturated rings. The molecule has 0 unspecified atom stereocenters. The van der Waals surface area contributed by atoms with Crippen molar-refractivity contribution in [2.24, 2.45) is 0 Å². The number of rotatable bonds is 1. The fraction of sp³-hybridized carbons (Fsp3) is 1.00. The summed E-state index contributed by atoms with van der Waals surface area (Å²) in [5.41, 5.74) is 0. The van der Waals surface area contributed by atoms with Crippen molar-refractivity contribution in [3.05, 3.63) is 0 Å². The van der Waals surface area contributed by atoms with E-state index in [1.807, 2.05) is 7.05 Å². The van der Waals surface area contributed by atoms with Crippen LogP contribution in [0.5, 0.6) is 0 Å². The topological polar surface area (TPSA) is 12.0 Å². The Kier molecular flexibility index (Phi) is 52.1. The maximum absolute atomic E-state index is 3.07. The molecular weight excluding hydrogens is 90.1 g/mol. The maximum atomic E-state index is 3.07. The summed E-state index contributed by atoms with van der Waals surface area (Å²) < 4.78 is 0. The molecule has 0 heterocycles. The van der Waals surface area contributed by atoms with Crippen molar-refractivity contribution in [1.29, 1.82) is 0 Å². The van der Waals surface area contributed by atoms with Crippen LogP contribution in [0, 0.1) is 0 Å². The molecule has 6 heavy (non-hydrogen) atoms. The molecule has 0 saturated heterocycles. The molecule has 0 aliphatic rings. The molecule has 0 atom stereocenters. The maximum Gasteiger partial charge on any atom is 0.0882 e. The predicted octanol–water partition coefficient (Wildman–Crippen LogP) is 0.610. The van der Waals surface area contributed by atoms with Crippen LogP contribution >= 0.6 is 0 Å². The van der Waals surface area contributed by atoms with Crippen molar-refractivity contribution >= 4 is 9.68 Å². The highest BCUT2D eigenvalue weighted by Gasteiger charge is 1.53. The lowest BCUT2D eigenvalue weighted by atomic mass is 11.6. The zero-order valence-corrected chi connectivity index (χ0v) is 4.62. The lowest BCUT2D eigenvalue weighted by molar-refractivity contribution is 1.25. The Bertz CT molecular complexity index is 9.51. The molecular formula is C4H17NSi. The van der Waals surface area contributed by atoms with Gasteiger partial charge in [-0.05, 0) is 7.05 Å². The SMILES string of the molecule is C.C.CN[SiH2]C. The number of hydrogen-bond donors (Lipinski definition) is 1. The third kappa shape index (κ3) is 30.4. The standard InChI is InChI=1S/C2H9NSi.2CH4/c1-3-4-2;;/h3H,4H2,1-2H3;2*1H4. The Labute approximate surface area is 44.0 Å². The lowest BCUT2D eigenvalue weighted by Gasteiger charge is -1.74. The first-order valence-corrected chi connectivity index (χ1v) is 3.68. The van der Waals surface area contributed by atoms with E-state index < -0.39 is 0 Å². The lowest BCUT2D eigenvalue weighted by Crippen LogP contribution is -2.06. The highest BCUT2D eigenvalue weighted by Crippen LogP contribution is 1.30. The second-order valence-electron chi connectivity index (χ2n) is 0.707. The van der Waals surface area contributed by atoms with E-state index in [9.17, 15) is 0 Å². The van der Waals surface area contributed by atoms with Crippen molar-refractivity contribution in [3.8, 4) is 0 Å². The van der Waals surface area contributed by atoms with Gasteiger partial charge in [0.15, 0.2) is 0 Å². The molecule has 0 aromatic carbocycles. The molecule has 0 bridgehead atoms. The Balaban J connectivity index is -0.0000000450. The molecule has 0 aliphatic heterocycles. The summed E-state index contributed by atoms with van der Waals surface area (Å²) in [4.78, 5) is 3.07. The third-order valence-corrected chi connectivity index (χ3v) is 1.06. The Morgan fingerprint density at radius 3 is 1.50 bits per heavy atom. The molecule has 0 radical (unpaired) electrons. The largest absolute Gasteiger partial charge is 0.345 e. The van der Waals surface area contributed by atoms with E-state index in [0.29, 0.717) is 0 Å². The minimum Gasteiger partial charge on any atom is -0.345 e. The first kappa shape index (κ1) is 16.4. The van der Waals surface area contributed by atoms with E-state index in [4.69, 9.17) is 0 Å². The number of hydrogen-bond acceptors (Lipinski definition) is 1. The highest BCUT2D eigenvalue weighted by atomic mass is 28.2. The van der Waals surface area contributed by atoms with Crippen LogP contribution in [0.3, 0.4) is 0 Å². The van der Waals surface area contributed by atoms with Gasteiger partial charge in [-0.2, -0.15) is 0 Å². The molecule has 42 valence electrons. The first-order valence-electron chi connectivity index (χ1n) is 1.56. The summed E-state index contributed by atoms with van der Waals surface area (Å²) >= 11 is 0. The first-order chi connectivity index (χ1) is 1.91. The molecule has 0 rings (SSSR count). The normalized spacial score (nSPS) is 7.00. The minimum absolute atomic E-state index is 0. The van der Waals surface area contributed by atoms with Gasteiger partial charge in [0.05, 0.1) is 9.68 Å². The summed E-state index contributed by atoms with van der Waals surface area (Å²) in [6.07, 6.45) is 0. The average Bonchev–Trinajstić information content (AvgIpc) is 1.37. The van der Waals surface area contributed by atoms with Crippen molar-refractivity contribution in [2.45, 2.75) is 21.4 Å². The van der Waals surface area contributed by atoms with Crippen LogP contribution in [0.15, 0.2) is 0 Å². The van der Waals surface area contributed by atoms with Crippen molar-refractivity contribution in [3.63, 3.8) is 0 Å². The smallest absolute Gasteiger partial charge is 0.0882 e.